The minimum absolute atomic E-state index is 0.157. The molecule has 4 aliphatic rings. The zero-order valence-corrected chi connectivity index (χ0v) is 22.6. The number of carbonyl (C=O) groups is 3. The maximum atomic E-state index is 14.8. The molecule has 0 aliphatic carbocycles. The Balaban J connectivity index is 1.54. The smallest absolute Gasteiger partial charge is 0.251 e. The van der Waals surface area contributed by atoms with Crippen molar-refractivity contribution in [1.29, 1.82) is 0 Å². The highest BCUT2D eigenvalue weighted by atomic mass is 16.5. The summed E-state index contributed by atoms with van der Waals surface area (Å²) >= 11 is 0. The number of carbonyl (C=O) groups excluding carboxylic acids is 3. The highest BCUT2D eigenvalue weighted by Crippen LogP contribution is 2.68. The molecule has 4 atom stereocenters. The van der Waals surface area contributed by atoms with Crippen LogP contribution in [-0.2, 0) is 20.5 Å². The predicted molar refractivity (Wildman–Crippen MR) is 153 cm³/mol. The maximum absolute atomic E-state index is 14.8. The van der Waals surface area contributed by atoms with Gasteiger partial charge in [0.1, 0.15) is 23.3 Å². The molecule has 0 bridgehead atoms. The molecule has 3 aromatic carbocycles. The number of ether oxygens (including phenoxy) is 1. The monoisotopic (exact) mass is 533 g/mol. The van der Waals surface area contributed by atoms with E-state index < -0.39 is 16.9 Å². The van der Waals surface area contributed by atoms with Crippen LogP contribution in [-0.4, -0.2) is 41.7 Å². The second-order valence-corrected chi connectivity index (χ2v) is 11.3. The van der Waals surface area contributed by atoms with Crippen molar-refractivity contribution in [2.75, 3.05) is 23.8 Å². The Bertz CT molecular complexity index is 1630. The number of benzene rings is 3. The van der Waals surface area contributed by atoms with Gasteiger partial charge in [-0.2, -0.15) is 0 Å². The summed E-state index contributed by atoms with van der Waals surface area (Å²) in [5.74, 6) is -0.931. The molecule has 3 aromatic rings. The first-order valence-corrected chi connectivity index (χ1v) is 13.8. The quantitative estimate of drug-likeness (QED) is 0.361. The number of hydrogen-bond acceptors (Lipinski definition) is 5. The third kappa shape index (κ3) is 2.90. The van der Waals surface area contributed by atoms with Crippen molar-refractivity contribution in [3.05, 3.63) is 101 Å². The fraction of sp³-hybridized carbons (Fsp3) is 0.303. The van der Waals surface area contributed by atoms with Gasteiger partial charge in [0.25, 0.3) is 5.91 Å². The Morgan fingerprint density at radius 3 is 2.70 bits per heavy atom. The molecule has 2 saturated heterocycles. The van der Waals surface area contributed by atoms with Crippen LogP contribution in [0.15, 0.2) is 73.3 Å². The summed E-state index contributed by atoms with van der Waals surface area (Å²) in [7, 11) is 0. The first-order chi connectivity index (χ1) is 19.3. The molecule has 0 aromatic heterocycles. The first kappa shape index (κ1) is 24.8. The zero-order chi connectivity index (χ0) is 27.8. The van der Waals surface area contributed by atoms with Crippen LogP contribution in [0.1, 0.15) is 45.5 Å². The van der Waals surface area contributed by atoms with Gasteiger partial charge < -0.3 is 15.4 Å². The van der Waals surface area contributed by atoms with Gasteiger partial charge in [-0.25, -0.2) is 0 Å². The van der Waals surface area contributed by atoms with E-state index in [0.717, 1.165) is 35.2 Å². The van der Waals surface area contributed by atoms with Crippen LogP contribution < -0.4 is 15.4 Å². The summed E-state index contributed by atoms with van der Waals surface area (Å²) in [6, 6.07) is 18.4. The minimum atomic E-state index is -1.46. The van der Waals surface area contributed by atoms with E-state index in [1.807, 2.05) is 50.2 Å². The molecule has 4 aliphatic heterocycles. The molecule has 2 amide bonds. The Morgan fingerprint density at radius 2 is 1.88 bits per heavy atom. The Labute approximate surface area is 233 Å². The third-order valence-corrected chi connectivity index (χ3v) is 9.32. The highest BCUT2D eigenvalue weighted by molar-refractivity contribution is 6.21. The second kappa shape index (κ2) is 8.63. The number of fused-ring (bicyclic) bond motifs is 7. The van der Waals surface area contributed by atoms with Gasteiger partial charge in [0, 0.05) is 28.5 Å². The number of nitrogens with zero attached hydrogens (tertiary/aromatic N) is 1. The lowest BCUT2D eigenvalue weighted by molar-refractivity contribution is -0.137. The average molecular weight is 534 g/mol. The molecule has 0 radical (unpaired) electrons. The second-order valence-electron chi connectivity index (χ2n) is 11.3. The van der Waals surface area contributed by atoms with Gasteiger partial charge >= 0.3 is 0 Å². The van der Waals surface area contributed by atoms with Crippen molar-refractivity contribution in [2.45, 2.75) is 43.7 Å². The summed E-state index contributed by atoms with van der Waals surface area (Å²) in [4.78, 5) is 46.2. The zero-order valence-electron chi connectivity index (χ0n) is 22.6. The molecular weight excluding hydrogens is 502 g/mol. The fourth-order valence-electron chi connectivity index (χ4n) is 8.11. The molecule has 40 heavy (non-hydrogen) atoms. The number of rotatable bonds is 5. The van der Waals surface area contributed by atoms with Crippen LogP contribution in [0.25, 0.3) is 0 Å². The molecule has 0 unspecified atom stereocenters. The van der Waals surface area contributed by atoms with Crippen LogP contribution in [0.3, 0.4) is 0 Å². The molecular formula is C33H31N3O4. The molecule has 4 heterocycles. The topological polar surface area (TPSA) is 87.7 Å². The van der Waals surface area contributed by atoms with Crippen LogP contribution >= 0.6 is 0 Å². The first-order valence-electron chi connectivity index (χ1n) is 13.8. The molecule has 2 fully saturated rings. The molecule has 7 heteroatoms. The standard InChI is InChI=1S/C33H31N3O4/c1-4-15-40-22-10-7-9-21(18-22)29(37)27-26-13-8-14-36(26)33(24-17-19(2)16-20(3)28(24)35-31(33)39)32(27)23-11-5-6-12-25(23)34-30(32)38/h4-7,9-12,16-18,26-27H,1,8,13-15H2,2-3H3,(H,34,38)(H,35,39)/t26-,27+,32+,33-/m1/s1. The Hall–Kier alpha value is -4.23. The van der Waals surface area contributed by atoms with E-state index in [2.05, 4.69) is 22.1 Å². The molecule has 7 nitrogen and oxygen atoms in total. The summed E-state index contributed by atoms with van der Waals surface area (Å²) in [5, 5.41) is 6.26. The van der Waals surface area contributed by atoms with Crippen LogP contribution in [0.2, 0.25) is 0 Å². The fourth-order valence-corrected chi connectivity index (χ4v) is 8.11. The van der Waals surface area contributed by atoms with Gasteiger partial charge in [-0.05, 0) is 62.6 Å². The lowest BCUT2D eigenvalue weighted by Gasteiger charge is -2.43. The summed E-state index contributed by atoms with van der Waals surface area (Å²) < 4.78 is 5.75. The molecule has 202 valence electrons. The summed E-state index contributed by atoms with van der Waals surface area (Å²) in [6.45, 7) is 8.63. The number of amides is 2. The number of para-hydroxylation sites is 1. The van der Waals surface area contributed by atoms with Crippen molar-refractivity contribution >= 4 is 29.0 Å². The number of aryl methyl sites for hydroxylation is 2. The minimum Gasteiger partial charge on any atom is -0.490 e. The van der Waals surface area contributed by atoms with E-state index in [0.29, 0.717) is 35.7 Å². The molecule has 2 spiro atoms. The van der Waals surface area contributed by atoms with Crippen LogP contribution in [0.4, 0.5) is 11.4 Å². The van der Waals surface area contributed by atoms with Crippen molar-refractivity contribution in [2.24, 2.45) is 5.92 Å². The normalized spacial score (nSPS) is 27.9. The van der Waals surface area contributed by atoms with E-state index in [9.17, 15) is 14.4 Å². The van der Waals surface area contributed by atoms with Crippen molar-refractivity contribution in [3.63, 3.8) is 0 Å². The number of ketones is 1. The van der Waals surface area contributed by atoms with E-state index in [1.54, 1.807) is 30.3 Å². The van der Waals surface area contributed by atoms with Gasteiger partial charge in [0.05, 0.1) is 5.92 Å². The van der Waals surface area contributed by atoms with Gasteiger partial charge in [-0.3, -0.25) is 19.3 Å². The highest BCUT2D eigenvalue weighted by Gasteiger charge is 2.81. The van der Waals surface area contributed by atoms with E-state index in [1.165, 1.54) is 0 Å². The average Bonchev–Trinajstić information content (AvgIpc) is 3.66. The Morgan fingerprint density at radius 1 is 1.05 bits per heavy atom. The van der Waals surface area contributed by atoms with Crippen LogP contribution in [0, 0.1) is 19.8 Å². The lowest BCUT2D eigenvalue weighted by Crippen LogP contribution is -2.62. The third-order valence-electron chi connectivity index (χ3n) is 9.32. The van der Waals surface area contributed by atoms with Gasteiger partial charge in [0.2, 0.25) is 5.91 Å². The summed E-state index contributed by atoms with van der Waals surface area (Å²) in [6.07, 6.45) is 3.21. The SMILES string of the molecule is C=CCOc1cccc(C(=O)[C@@H]2[C@H]3CCCN3[C@]3(C(=O)Nc4c(C)cc(C)cc43)[C@]23C(=O)Nc2ccccc23)c1. The van der Waals surface area contributed by atoms with Gasteiger partial charge in [-0.1, -0.05) is 60.7 Å². The largest absolute Gasteiger partial charge is 0.490 e. The maximum Gasteiger partial charge on any atom is 0.251 e. The predicted octanol–water partition coefficient (Wildman–Crippen LogP) is 4.88. The van der Waals surface area contributed by atoms with E-state index in [-0.39, 0.29) is 23.6 Å². The van der Waals surface area contributed by atoms with E-state index >= 15 is 0 Å². The van der Waals surface area contributed by atoms with Crippen molar-refractivity contribution in [1.82, 2.24) is 4.90 Å². The number of nitrogens with one attached hydrogen (secondary N) is 2. The number of Topliss-reactive ketones (excluding diaryl/α,β-unsaturated/α-hetero) is 1. The van der Waals surface area contributed by atoms with Crippen molar-refractivity contribution < 1.29 is 19.1 Å². The lowest BCUT2D eigenvalue weighted by atomic mass is 9.57. The van der Waals surface area contributed by atoms with Gasteiger partial charge in [-0.15, -0.1) is 0 Å². The van der Waals surface area contributed by atoms with Gasteiger partial charge in [0.15, 0.2) is 5.78 Å². The molecule has 2 N–H and O–H groups in total. The van der Waals surface area contributed by atoms with E-state index in [4.69, 9.17) is 4.74 Å². The molecule has 7 rings (SSSR count). The number of anilines is 2. The number of hydrogen-bond donors (Lipinski definition) is 2. The van der Waals surface area contributed by atoms with Crippen molar-refractivity contribution in [3.8, 4) is 5.75 Å². The molecule has 0 saturated carbocycles. The Kier molecular flexibility index (Phi) is 5.35. The van der Waals surface area contributed by atoms with Crippen LogP contribution in [0.5, 0.6) is 5.75 Å². The summed E-state index contributed by atoms with van der Waals surface area (Å²) in [5.41, 5.74) is 2.47.